The van der Waals surface area contributed by atoms with Crippen molar-refractivity contribution in [2.24, 2.45) is 0 Å². The number of nitrogens with one attached hydrogen (secondary N) is 1. The van der Waals surface area contributed by atoms with Gasteiger partial charge in [-0.25, -0.2) is 9.97 Å². The third kappa shape index (κ3) is 2.71. The van der Waals surface area contributed by atoms with Crippen molar-refractivity contribution >= 4 is 17.3 Å². The first-order chi connectivity index (χ1) is 10.2. The van der Waals surface area contributed by atoms with Crippen molar-refractivity contribution in [3.05, 3.63) is 41.2 Å². The predicted molar refractivity (Wildman–Crippen MR) is 87.5 cm³/mol. The van der Waals surface area contributed by atoms with E-state index < -0.39 is 0 Å². The van der Waals surface area contributed by atoms with Crippen molar-refractivity contribution in [3.63, 3.8) is 0 Å². The zero-order chi connectivity index (χ0) is 14.8. The van der Waals surface area contributed by atoms with Gasteiger partial charge in [0.05, 0.1) is 0 Å². The second-order valence-electron chi connectivity index (χ2n) is 5.52. The number of aromatic nitrogens is 2. The Morgan fingerprint density at radius 3 is 2.86 bits per heavy atom. The van der Waals surface area contributed by atoms with Crippen LogP contribution in [0.1, 0.15) is 30.3 Å². The molecule has 4 nitrogen and oxygen atoms in total. The van der Waals surface area contributed by atoms with Gasteiger partial charge in [0.15, 0.2) is 0 Å². The summed E-state index contributed by atoms with van der Waals surface area (Å²) in [5.74, 6) is 2.77. The van der Waals surface area contributed by atoms with Crippen LogP contribution in [0.3, 0.4) is 0 Å². The molecule has 21 heavy (non-hydrogen) atoms. The van der Waals surface area contributed by atoms with E-state index in [-0.39, 0.29) is 0 Å². The number of hydrogen-bond donors (Lipinski definition) is 1. The molecular formula is C17H22N4. The molecule has 0 spiro atoms. The van der Waals surface area contributed by atoms with Crippen molar-refractivity contribution < 1.29 is 0 Å². The van der Waals surface area contributed by atoms with Gasteiger partial charge < -0.3 is 10.2 Å². The quantitative estimate of drug-likeness (QED) is 0.936. The van der Waals surface area contributed by atoms with E-state index in [4.69, 9.17) is 4.98 Å². The highest BCUT2D eigenvalue weighted by Gasteiger charge is 2.20. The summed E-state index contributed by atoms with van der Waals surface area (Å²) in [7, 11) is 1.90. The maximum Gasteiger partial charge on any atom is 0.138 e. The van der Waals surface area contributed by atoms with Gasteiger partial charge in [-0.05, 0) is 31.4 Å². The number of anilines is 3. The Kier molecular flexibility index (Phi) is 3.78. The molecular weight excluding hydrogens is 260 g/mol. The highest BCUT2D eigenvalue weighted by Crippen LogP contribution is 2.33. The molecule has 0 unspecified atom stereocenters. The molecule has 2 heterocycles. The van der Waals surface area contributed by atoms with Gasteiger partial charge >= 0.3 is 0 Å². The molecule has 4 heteroatoms. The first kappa shape index (κ1) is 13.9. The smallest absolute Gasteiger partial charge is 0.138 e. The summed E-state index contributed by atoms with van der Waals surface area (Å²) in [6.07, 6.45) is 3.16. The molecule has 1 aromatic carbocycles. The second-order valence-corrected chi connectivity index (χ2v) is 5.52. The lowest BCUT2D eigenvalue weighted by atomic mass is 9.99. The largest absolute Gasteiger partial charge is 0.373 e. The topological polar surface area (TPSA) is 41.1 Å². The van der Waals surface area contributed by atoms with E-state index in [1.807, 2.05) is 13.1 Å². The van der Waals surface area contributed by atoms with E-state index in [0.29, 0.717) is 0 Å². The van der Waals surface area contributed by atoms with Crippen LogP contribution >= 0.6 is 0 Å². The maximum atomic E-state index is 4.72. The highest BCUT2D eigenvalue weighted by molar-refractivity contribution is 5.67. The van der Waals surface area contributed by atoms with E-state index in [1.165, 1.54) is 16.8 Å². The molecule has 1 aliphatic rings. The fourth-order valence-electron chi connectivity index (χ4n) is 2.87. The van der Waals surface area contributed by atoms with Crippen LogP contribution in [0.25, 0.3) is 0 Å². The van der Waals surface area contributed by atoms with Crippen LogP contribution in [0.2, 0.25) is 0 Å². The monoisotopic (exact) mass is 282 g/mol. The SMILES string of the molecule is CCc1nc(NC)cc(N2CCCc3cc(C)ccc32)n1. The fourth-order valence-corrected chi connectivity index (χ4v) is 2.87. The summed E-state index contributed by atoms with van der Waals surface area (Å²) in [4.78, 5) is 11.5. The van der Waals surface area contributed by atoms with E-state index in [0.717, 1.165) is 43.3 Å². The maximum absolute atomic E-state index is 4.72. The average Bonchev–Trinajstić information content (AvgIpc) is 2.53. The lowest BCUT2D eigenvalue weighted by Gasteiger charge is -2.31. The molecule has 0 saturated heterocycles. The molecule has 110 valence electrons. The molecule has 2 aromatic rings. The van der Waals surface area contributed by atoms with Gasteiger partial charge in [-0.2, -0.15) is 0 Å². The molecule has 1 N–H and O–H groups in total. The van der Waals surface area contributed by atoms with Crippen molar-refractivity contribution in [3.8, 4) is 0 Å². The van der Waals surface area contributed by atoms with Crippen molar-refractivity contribution in [2.45, 2.75) is 33.1 Å². The third-order valence-electron chi connectivity index (χ3n) is 3.96. The average molecular weight is 282 g/mol. The van der Waals surface area contributed by atoms with Crippen LogP contribution in [-0.4, -0.2) is 23.6 Å². The van der Waals surface area contributed by atoms with Gasteiger partial charge in [0, 0.05) is 31.8 Å². The normalized spacial score (nSPS) is 14.0. The first-order valence-electron chi connectivity index (χ1n) is 7.64. The van der Waals surface area contributed by atoms with Crippen molar-refractivity contribution in [1.82, 2.24) is 9.97 Å². The van der Waals surface area contributed by atoms with Crippen LogP contribution < -0.4 is 10.2 Å². The van der Waals surface area contributed by atoms with E-state index >= 15 is 0 Å². The summed E-state index contributed by atoms with van der Waals surface area (Å²) >= 11 is 0. The van der Waals surface area contributed by atoms with Gasteiger partial charge in [0.2, 0.25) is 0 Å². The molecule has 1 aromatic heterocycles. The minimum absolute atomic E-state index is 0.844. The minimum Gasteiger partial charge on any atom is -0.373 e. The first-order valence-corrected chi connectivity index (χ1v) is 7.64. The zero-order valence-electron chi connectivity index (χ0n) is 13.0. The molecule has 0 aliphatic carbocycles. The number of aryl methyl sites for hydroxylation is 3. The Labute approximate surface area is 126 Å². The van der Waals surface area contributed by atoms with Gasteiger partial charge in [0.25, 0.3) is 0 Å². The van der Waals surface area contributed by atoms with E-state index in [9.17, 15) is 0 Å². The lowest BCUT2D eigenvalue weighted by Crippen LogP contribution is -2.26. The van der Waals surface area contributed by atoms with Crippen LogP contribution in [0.15, 0.2) is 24.3 Å². The van der Waals surface area contributed by atoms with Gasteiger partial charge in [-0.3, -0.25) is 0 Å². The second kappa shape index (κ2) is 5.72. The summed E-state index contributed by atoms with van der Waals surface area (Å²) < 4.78 is 0. The number of rotatable bonds is 3. The third-order valence-corrected chi connectivity index (χ3v) is 3.96. The van der Waals surface area contributed by atoms with E-state index in [1.54, 1.807) is 0 Å². The Hall–Kier alpha value is -2.10. The Morgan fingerprint density at radius 1 is 1.24 bits per heavy atom. The molecule has 3 rings (SSSR count). The lowest BCUT2D eigenvalue weighted by molar-refractivity contribution is 0.753. The molecule has 0 saturated carbocycles. The van der Waals surface area contributed by atoms with Crippen molar-refractivity contribution in [1.29, 1.82) is 0 Å². The van der Waals surface area contributed by atoms with Crippen LogP contribution in [0, 0.1) is 6.92 Å². The van der Waals surface area contributed by atoms with Gasteiger partial charge in [0.1, 0.15) is 17.5 Å². The molecule has 0 bridgehead atoms. The van der Waals surface area contributed by atoms with Crippen molar-refractivity contribution in [2.75, 3.05) is 23.8 Å². The highest BCUT2D eigenvalue weighted by atomic mass is 15.2. The Morgan fingerprint density at radius 2 is 2.10 bits per heavy atom. The number of nitrogens with zero attached hydrogens (tertiary/aromatic N) is 3. The predicted octanol–water partition coefficient (Wildman–Crippen LogP) is 3.47. The Balaban J connectivity index is 2.06. The van der Waals surface area contributed by atoms with Gasteiger partial charge in [-0.15, -0.1) is 0 Å². The minimum atomic E-state index is 0.844. The summed E-state index contributed by atoms with van der Waals surface area (Å²) in [6, 6.07) is 8.73. The van der Waals surface area contributed by atoms with Crippen LogP contribution in [0.4, 0.5) is 17.3 Å². The van der Waals surface area contributed by atoms with Gasteiger partial charge in [-0.1, -0.05) is 24.6 Å². The van der Waals surface area contributed by atoms with Crippen LogP contribution in [0.5, 0.6) is 0 Å². The molecule has 0 atom stereocenters. The number of hydrogen-bond acceptors (Lipinski definition) is 4. The molecule has 1 aliphatic heterocycles. The fraction of sp³-hybridized carbons (Fsp3) is 0.412. The zero-order valence-corrected chi connectivity index (χ0v) is 13.0. The van der Waals surface area contributed by atoms with Crippen LogP contribution in [-0.2, 0) is 12.8 Å². The summed E-state index contributed by atoms with van der Waals surface area (Å²) in [5.41, 5.74) is 4.03. The summed E-state index contributed by atoms with van der Waals surface area (Å²) in [6.45, 7) is 5.25. The molecule has 0 radical (unpaired) electrons. The Bertz CT molecular complexity index is 629. The number of benzene rings is 1. The molecule has 0 amide bonds. The van der Waals surface area contributed by atoms with E-state index in [2.05, 4.69) is 47.2 Å². The number of fused-ring (bicyclic) bond motifs is 1. The standard InChI is InChI=1S/C17H22N4/c1-4-15-19-16(18-3)11-17(20-15)21-9-5-6-13-10-12(2)7-8-14(13)21/h7-8,10-11H,4-6,9H2,1-3H3,(H,18,19,20). The summed E-state index contributed by atoms with van der Waals surface area (Å²) in [5, 5.41) is 3.14. The molecule has 0 fully saturated rings.